The number of hydrogen-bond donors (Lipinski definition) is 2. The quantitative estimate of drug-likeness (QED) is 0.910. The van der Waals surface area contributed by atoms with E-state index in [4.69, 9.17) is 0 Å². The van der Waals surface area contributed by atoms with E-state index in [9.17, 15) is 4.79 Å². The Morgan fingerprint density at radius 1 is 1.19 bits per heavy atom. The van der Waals surface area contributed by atoms with E-state index in [0.29, 0.717) is 11.7 Å². The third-order valence-corrected chi connectivity index (χ3v) is 4.21. The predicted octanol–water partition coefficient (Wildman–Crippen LogP) is 2.46. The smallest absolute Gasteiger partial charge is 0.321 e. The second-order valence-electron chi connectivity index (χ2n) is 4.88. The van der Waals surface area contributed by atoms with Crippen molar-refractivity contribution in [3.63, 3.8) is 0 Å². The molecule has 2 N–H and O–H groups in total. The third kappa shape index (κ3) is 3.69. The zero-order chi connectivity index (χ0) is 14.5. The fourth-order valence-electron chi connectivity index (χ4n) is 2.22. The number of nitrogens with zero attached hydrogens (tertiary/aromatic N) is 3. The Labute approximate surface area is 127 Å². The molecule has 0 unspecified atom stereocenters. The number of benzene rings is 1. The molecule has 2 amide bonds. The fourth-order valence-corrected chi connectivity index (χ4v) is 3.01. The number of urea groups is 1. The number of hydrogen-bond acceptors (Lipinski definition) is 5. The SMILES string of the molecule is O=C(NCc1ccccc1)Nc1nnc(N2CCCC2)s1. The number of rotatable bonds is 4. The summed E-state index contributed by atoms with van der Waals surface area (Å²) in [6.07, 6.45) is 2.39. The molecule has 6 nitrogen and oxygen atoms in total. The lowest BCUT2D eigenvalue weighted by Crippen LogP contribution is -2.28. The van der Waals surface area contributed by atoms with E-state index in [0.717, 1.165) is 23.8 Å². The molecule has 0 atom stereocenters. The zero-order valence-corrected chi connectivity index (χ0v) is 12.4. The van der Waals surface area contributed by atoms with E-state index < -0.39 is 0 Å². The molecular formula is C14H17N5OS. The van der Waals surface area contributed by atoms with Crippen molar-refractivity contribution < 1.29 is 4.79 Å². The highest BCUT2D eigenvalue weighted by Gasteiger charge is 2.17. The molecule has 2 heterocycles. The maximum atomic E-state index is 11.8. The Morgan fingerprint density at radius 3 is 2.71 bits per heavy atom. The van der Waals surface area contributed by atoms with E-state index in [1.54, 1.807) is 0 Å². The molecule has 1 aliphatic heterocycles. The maximum Gasteiger partial charge on any atom is 0.321 e. The lowest BCUT2D eigenvalue weighted by atomic mass is 10.2. The van der Waals surface area contributed by atoms with Crippen LogP contribution in [0.5, 0.6) is 0 Å². The van der Waals surface area contributed by atoms with Gasteiger partial charge < -0.3 is 10.2 Å². The van der Waals surface area contributed by atoms with Crippen LogP contribution in [-0.4, -0.2) is 29.3 Å². The van der Waals surface area contributed by atoms with Gasteiger partial charge >= 0.3 is 6.03 Å². The van der Waals surface area contributed by atoms with Crippen LogP contribution in [0.4, 0.5) is 15.1 Å². The highest BCUT2D eigenvalue weighted by Crippen LogP contribution is 2.26. The first kappa shape index (κ1) is 13.8. The minimum absolute atomic E-state index is 0.261. The zero-order valence-electron chi connectivity index (χ0n) is 11.6. The molecule has 21 heavy (non-hydrogen) atoms. The maximum absolute atomic E-state index is 11.8. The van der Waals surface area contributed by atoms with Gasteiger partial charge in [-0.3, -0.25) is 5.32 Å². The number of amides is 2. The summed E-state index contributed by atoms with van der Waals surface area (Å²) in [6, 6.07) is 9.52. The molecule has 110 valence electrons. The average Bonchev–Trinajstić information content (AvgIpc) is 3.17. The first-order valence-corrected chi connectivity index (χ1v) is 7.80. The summed E-state index contributed by atoms with van der Waals surface area (Å²) >= 11 is 1.41. The van der Waals surface area contributed by atoms with Crippen molar-refractivity contribution in [3.05, 3.63) is 35.9 Å². The molecule has 0 aliphatic carbocycles. The molecule has 0 bridgehead atoms. The minimum Gasteiger partial charge on any atom is -0.347 e. The van der Waals surface area contributed by atoms with Crippen LogP contribution >= 0.6 is 11.3 Å². The number of carbonyl (C=O) groups excluding carboxylic acids is 1. The predicted molar refractivity (Wildman–Crippen MR) is 83.7 cm³/mol. The van der Waals surface area contributed by atoms with Gasteiger partial charge in [0.05, 0.1) is 0 Å². The van der Waals surface area contributed by atoms with Crippen molar-refractivity contribution in [2.45, 2.75) is 19.4 Å². The molecule has 1 fully saturated rings. The summed E-state index contributed by atoms with van der Waals surface area (Å²) in [5.41, 5.74) is 1.06. The molecule has 2 aromatic rings. The lowest BCUT2D eigenvalue weighted by molar-refractivity contribution is 0.251. The number of carbonyl (C=O) groups is 1. The van der Waals surface area contributed by atoms with E-state index >= 15 is 0 Å². The summed E-state index contributed by atoms with van der Waals surface area (Å²) in [4.78, 5) is 14.0. The molecule has 1 aromatic heterocycles. The second-order valence-corrected chi connectivity index (χ2v) is 5.83. The summed E-state index contributed by atoms with van der Waals surface area (Å²) < 4.78 is 0. The van der Waals surface area contributed by atoms with E-state index in [1.165, 1.54) is 24.2 Å². The van der Waals surface area contributed by atoms with Crippen molar-refractivity contribution >= 4 is 27.6 Å². The van der Waals surface area contributed by atoms with Crippen LogP contribution in [0.25, 0.3) is 0 Å². The van der Waals surface area contributed by atoms with Gasteiger partial charge in [-0.1, -0.05) is 41.7 Å². The van der Waals surface area contributed by atoms with Gasteiger partial charge in [-0.25, -0.2) is 4.79 Å². The van der Waals surface area contributed by atoms with Crippen molar-refractivity contribution in [2.24, 2.45) is 0 Å². The van der Waals surface area contributed by atoms with Crippen LogP contribution in [0.1, 0.15) is 18.4 Å². The normalized spacial score (nSPS) is 14.2. The number of aromatic nitrogens is 2. The Bertz CT molecular complexity index is 594. The van der Waals surface area contributed by atoms with E-state index in [1.807, 2.05) is 30.3 Å². The van der Waals surface area contributed by atoms with Crippen LogP contribution < -0.4 is 15.5 Å². The van der Waals surface area contributed by atoms with E-state index in [-0.39, 0.29) is 6.03 Å². The first-order chi connectivity index (χ1) is 10.3. The van der Waals surface area contributed by atoms with Gasteiger partial charge in [0.2, 0.25) is 10.3 Å². The largest absolute Gasteiger partial charge is 0.347 e. The minimum atomic E-state index is -0.261. The number of nitrogens with one attached hydrogen (secondary N) is 2. The molecule has 1 aliphatic rings. The Kier molecular flexibility index (Phi) is 4.30. The van der Waals surface area contributed by atoms with Crippen molar-refractivity contribution in [1.29, 1.82) is 0 Å². The summed E-state index contributed by atoms with van der Waals surface area (Å²) in [6.45, 7) is 2.54. The highest BCUT2D eigenvalue weighted by molar-refractivity contribution is 7.19. The lowest BCUT2D eigenvalue weighted by Gasteiger charge is -2.10. The van der Waals surface area contributed by atoms with Gasteiger partial charge in [0, 0.05) is 19.6 Å². The average molecular weight is 303 g/mol. The van der Waals surface area contributed by atoms with Gasteiger partial charge in [-0.2, -0.15) is 0 Å². The molecule has 0 saturated carbocycles. The van der Waals surface area contributed by atoms with Crippen molar-refractivity contribution in [1.82, 2.24) is 15.5 Å². The topological polar surface area (TPSA) is 70.1 Å². The van der Waals surface area contributed by atoms with E-state index in [2.05, 4.69) is 25.7 Å². The molecule has 0 radical (unpaired) electrons. The Morgan fingerprint density at radius 2 is 1.95 bits per heavy atom. The van der Waals surface area contributed by atoms with Crippen LogP contribution in [0.3, 0.4) is 0 Å². The molecule has 7 heteroatoms. The molecular weight excluding hydrogens is 286 g/mol. The summed E-state index contributed by atoms with van der Waals surface area (Å²) in [7, 11) is 0. The fraction of sp³-hybridized carbons (Fsp3) is 0.357. The Balaban J connectivity index is 1.50. The number of anilines is 2. The summed E-state index contributed by atoms with van der Waals surface area (Å²) in [5, 5.41) is 15.1. The van der Waals surface area contributed by atoms with Gasteiger partial charge in [-0.15, -0.1) is 10.2 Å². The van der Waals surface area contributed by atoms with Crippen molar-refractivity contribution in [3.8, 4) is 0 Å². The summed E-state index contributed by atoms with van der Waals surface area (Å²) in [5.74, 6) is 0. The molecule has 1 saturated heterocycles. The van der Waals surface area contributed by atoms with Crippen LogP contribution in [-0.2, 0) is 6.54 Å². The molecule has 3 rings (SSSR count). The van der Waals surface area contributed by atoms with Crippen LogP contribution in [0, 0.1) is 0 Å². The van der Waals surface area contributed by atoms with Crippen molar-refractivity contribution in [2.75, 3.05) is 23.3 Å². The van der Waals surface area contributed by atoms with Gasteiger partial charge in [0.15, 0.2) is 0 Å². The standard InChI is InChI=1S/C14H17N5OS/c20-12(15-10-11-6-2-1-3-7-11)16-13-17-18-14(21-13)19-8-4-5-9-19/h1-3,6-7H,4-5,8-10H2,(H2,15,16,17,20). The monoisotopic (exact) mass is 303 g/mol. The Hall–Kier alpha value is -2.15. The molecule has 1 aromatic carbocycles. The first-order valence-electron chi connectivity index (χ1n) is 6.98. The van der Waals surface area contributed by atoms with Gasteiger partial charge in [0.1, 0.15) is 0 Å². The van der Waals surface area contributed by atoms with Crippen LogP contribution in [0.2, 0.25) is 0 Å². The second kappa shape index (κ2) is 6.53. The van der Waals surface area contributed by atoms with Crippen LogP contribution in [0.15, 0.2) is 30.3 Å². The molecule has 0 spiro atoms. The third-order valence-electron chi connectivity index (χ3n) is 3.31. The van der Waals surface area contributed by atoms with Gasteiger partial charge in [0.25, 0.3) is 0 Å². The highest BCUT2D eigenvalue weighted by atomic mass is 32.1. The van der Waals surface area contributed by atoms with Gasteiger partial charge in [-0.05, 0) is 18.4 Å².